The molecule has 1 heterocycles. The maximum atomic E-state index is 3.40. The summed E-state index contributed by atoms with van der Waals surface area (Å²) in [5.74, 6) is 0. The van der Waals surface area contributed by atoms with Crippen LogP contribution in [0.4, 0.5) is 0 Å². The predicted molar refractivity (Wildman–Crippen MR) is 59.2 cm³/mol. The first-order valence-corrected chi connectivity index (χ1v) is 5.42. The van der Waals surface area contributed by atoms with Crippen LogP contribution in [0.2, 0.25) is 0 Å². The van der Waals surface area contributed by atoms with Crippen LogP contribution in [0.15, 0.2) is 18.2 Å². The first-order valence-electron chi connectivity index (χ1n) is 5.42. The van der Waals surface area contributed by atoms with Gasteiger partial charge in [-0.1, -0.05) is 25.1 Å². The minimum atomic E-state index is 0.990. The summed E-state index contributed by atoms with van der Waals surface area (Å²) >= 11 is 0. The zero-order valence-electron chi connectivity index (χ0n) is 8.77. The Kier molecular flexibility index (Phi) is 3.17. The molecule has 1 aromatic rings. The van der Waals surface area contributed by atoms with E-state index in [2.05, 4.69) is 35.8 Å². The minimum absolute atomic E-state index is 0.990. The zero-order chi connectivity index (χ0) is 9.80. The molecule has 2 nitrogen and oxygen atoms in total. The van der Waals surface area contributed by atoms with Gasteiger partial charge >= 0.3 is 0 Å². The fraction of sp³-hybridized carbons (Fsp3) is 0.500. The minimum Gasteiger partial charge on any atom is -0.313 e. The van der Waals surface area contributed by atoms with Crippen molar-refractivity contribution in [2.24, 2.45) is 0 Å². The molecule has 2 N–H and O–H groups in total. The Labute approximate surface area is 85.7 Å². The first kappa shape index (κ1) is 9.69. The molecule has 2 rings (SSSR count). The van der Waals surface area contributed by atoms with E-state index in [4.69, 9.17) is 0 Å². The summed E-state index contributed by atoms with van der Waals surface area (Å²) in [6, 6.07) is 6.85. The Morgan fingerprint density at radius 3 is 3.14 bits per heavy atom. The van der Waals surface area contributed by atoms with Gasteiger partial charge < -0.3 is 10.6 Å². The van der Waals surface area contributed by atoms with E-state index < -0.39 is 0 Å². The molecule has 0 bridgehead atoms. The molecule has 1 aliphatic heterocycles. The van der Waals surface area contributed by atoms with E-state index in [1.807, 2.05) is 0 Å². The summed E-state index contributed by atoms with van der Waals surface area (Å²) in [7, 11) is 0. The average molecular weight is 190 g/mol. The van der Waals surface area contributed by atoms with Crippen LogP contribution in [-0.2, 0) is 19.5 Å². The summed E-state index contributed by atoms with van der Waals surface area (Å²) < 4.78 is 0. The topological polar surface area (TPSA) is 24.1 Å². The van der Waals surface area contributed by atoms with Crippen molar-refractivity contribution in [1.29, 1.82) is 0 Å². The molecule has 0 atom stereocenters. The molecular weight excluding hydrogens is 172 g/mol. The van der Waals surface area contributed by atoms with Crippen LogP contribution in [0.25, 0.3) is 0 Å². The van der Waals surface area contributed by atoms with E-state index in [0.717, 1.165) is 26.2 Å². The number of benzene rings is 1. The molecule has 76 valence electrons. The standard InChI is InChI=1S/C12H18N2/c1-2-13-8-10-3-4-11-5-6-14-9-12(11)7-10/h3-4,7,13-14H,2,5-6,8-9H2,1H3. The van der Waals surface area contributed by atoms with Crippen molar-refractivity contribution in [3.63, 3.8) is 0 Å². The molecule has 0 aliphatic carbocycles. The van der Waals surface area contributed by atoms with Crippen LogP contribution in [0.3, 0.4) is 0 Å². The quantitative estimate of drug-likeness (QED) is 0.753. The highest BCUT2D eigenvalue weighted by molar-refractivity contribution is 5.33. The van der Waals surface area contributed by atoms with Crippen molar-refractivity contribution in [2.45, 2.75) is 26.4 Å². The van der Waals surface area contributed by atoms with Crippen molar-refractivity contribution in [1.82, 2.24) is 10.6 Å². The zero-order valence-corrected chi connectivity index (χ0v) is 8.77. The van der Waals surface area contributed by atoms with Crippen LogP contribution in [0.5, 0.6) is 0 Å². The average Bonchev–Trinajstić information content (AvgIpc) is 2.26. The molecule has 1 aliphatic rings. The lowest BCUT2D eigenvalue weighted by Gasteiger charge is -2.17. The Balaban J connectivity index is 2.12. The van der Waals surface area contributed by atoms with Crippen LogP contribution >= 0.6 is 0 Å². The van der Waals surface area contributed by atoms with Gasteiger partial charge in [-0.2, -0.15) is 0 Å². The Hall–Kier alpha value is -0.860. The molecule has 0 unspecified atom stereocenters. The summed E-state index contributed by atoms with van der Waals surface area (Å²) in [6.07, 6.45) is 1.18. The van der Waals surface area contributed by atoms with Gasteiger partial charge in [0.25, 0.3) is 0 Å². The third-order valence-electron chi connectivity index (χ3n) is 2.74. The van der Waals surface area contributed by atoms with Gasteiger partial charge in [-0.3, -0.25) is 0 Å². The van der Waals surface area contributed by atoms with Crippen LogP contribution in [0, 0.1) is 0 Å². The van der Waals surface area contributed by atoms with E-state index >= 15 is 0 Å². The monoisotopic (exact) mass is 190 g/mol. The highest BCUT2D eigenvalue weighted by Crippen LogP contribution is 2.15. The second-order valence-electron chi connectivity index (χ2n) is 3.81. The van der Waals surface area contributed by atoms with Crippen molar-refractivity contribution in [3.05, 3.63) is 34.9 Å². The van der Waals surface area contributed by atoms with Crippen LogP contribution in [0.1, 0.15) is 23.6 Å². The van der Waals surface area contributed by atoms with Gasteiger partial charge in [-0.25, -0.2) is 0 Å². The predicted octanol–water partition coefficient (Wildman–Crippen LogP) is 1.44. The molecule has 0 fully saturated rings. The highest BCUT2D eigenvalue weighted by Gasteiger charge is 2.08. The molecule has 0 radical (unpaired) electrons. The van der Waals surface area contributed by atoms with E-state index in [0.29, 0.717) is 0 Å². The Morgan fingerprint density at radius 2 is 2.29 bits per heavy atom. The van der Waals surface area contributed by atoms with Crippen LogP contribution in [-0.4, -0.2) is 13.1 Å². The lowest BCUT2D eigenvalue weighted by Crippen LogP contribution is -2.24. The van der Waals surface area contributed by atoms with Crippen LogP contribution < -0.4 is 10.6 Å². The Morgan fingerprint density at radius 1 is 1.36 bits per heavy atom. The molecule has 0 spiro atoms. The summed E-state index contributed by atoms with van der Waals surface area (Å²) in [5, 5.41) is 6.75. The number of hydrogen-bond acceptors (Lipinski definition) is 2. The van der Waals surface area contributed by atoms with Gasteiger partial charge in [0.2, 0.25) is 0 Å². The molecule has 0 aromatic heterocycles. The third-order valence-corrected chi connectivity index (χ3v) is 2.74. The van der Waals surface area contributed by atoms with E-state index in [-0.39, 0.29) is 0 Å². The van der Waals surface area contributed by atoms with Gasteiger partial charge in [-0.15, -0.1) is 0 Å². The van der Waals surface area contributed by atoms with E-state index in [1.54, 1.807) is 0 Å². The third kappa shape index (κ3) is 2.14. The smallest absolute Gasteiger partial charge is 0.0208 e. The fourth-order valence-corrected chi connectivity index (χ4v) is 1.91. The summed E-state index contributed by atoms with van der Waals surface area (Å²) in [4.78, 5) is 0. The number of fused-ring (bicyclic) bond motifs is 1. The second-order valence-corrected chi connectivity index (χ2v) is 3.81. The summed E-state index contributed by atoms with van der Waals surface area (Å²) in [6.45, 7) is 6.33. The highest BCUT2D eigenvalue weighted by atomic mass is 14.9. The molecular formula is C12H18N2. The first-order chi connectivity index (χ1) is 6.90. The van der Waals surface area contributed by atoms with E-state index in [9.17, 15) is 0 Å². The van der Waals surface area contributed by atoms with Crippen molar-refractivity contribution in [3.8, 4) is 0 Å². The number of rotatable bonds is 3. The lowest BCUT2D eigenvalue weighted by molar-refractivity contribution is 0.640. The van der Waals surface area contributed by atoms with Crippen molar-refractivity contribution in [2.75, 3.05) is 13.1 Å². The molecule has 2 heteroatoms. The molecule has 0 amide bonds. The van der Waals surface area contributed by atoms with Gasteiger partial charge in [0.05, 0.1) is 0 Å². The summed E-state index contributed by atoms with van der Waals surface area (Å²) in [5.41, 5.74) is 4.39. The molecule has 0 saturated carbocycles. The van der Waals surface area contributed by atoms with Gasteiger partial charge in [0, 0.05) is 13.1 Å². The number of nitrogens with one attached hydrogen (secondary N) is 2. The lowest BCUT2D eigenvalue weighted by atomic mass is 9.98. The van der Waals surface area contributed by atoms with Gasteiger partial charge in [-0.05, 0) is 36.2 Å². The van der Waals surface area contributed by atoms with Gasteiger partial charge in [0.1, 0.15) is 0 Å². The number of hydrogen-bond donors (Lipinski definition) is 2. The molecule has 14 heavy (non-hydrogen) atoms. The largest absolute Gasteiger partial charge is 0.313 e. The van der Waals surface area contributed by atoms with Crippen molar-refractivity contribution >= 4 is 0 Å². The van der Waals surface area contributed by atoms with Crippen molar-refractivity contribution < 1.29 is 0 Å². The Bertz CT molecular complexity index is 307. The maximum absolute atomic E-state index is 3.40. The van der Waals surface area contributed by atoms with Gasteiger partial charge in [0.15, 0.2) is 0 Å². The normalized spacial score (nSPS) is 15.2. The second kappa shape index (κ2) is 4.58. The SMILES string of the molecule is CCNCc1ccc2c(c1)CNCC2. The molecule has 1 aromatic carbocycles. The van der Waals surface area contributed by atoms with E-state index in [1.165, 1.54) is 23.1 Å². The molecule has 0 saturated heterocycles. The fourth-order valence-electron chi connectivity index (χ4n) is 1.91. The maximum Gasteiger partial charge on any atom is 0.0208 e.